The highest BCUT2D eigenvalue weighted by Gasteiger charge is 2.14. The molecule has 0 saturated carbocycles. The first-order valence-electron chi connectivity index (χ1n) is 6.75. The van der Waals surface area contributed by atoms with E-state index in [4.69, 9.17) is 4.74 Å². The summed E-state index contributed by atoms with van der Waals surface area (Å²) < 4.78 is 5.37. The second-order valence-corrected chi connectivity index (χ2v) is 5.92. The normalized spacial score (nSPS) is 12.6. The zero-order chi connectivity index (χ0) is 14.4. The Balaban J connectivity index is 1.94. The molecule has 0 fully saturated rings. The van der Waals surface area contributed by atoms with E-state index in [2.05, 4.69) is 47.9 Å². The van der Waals surface area contributed by atoms with Gasteiger partial charge in [-0.2, -0.15) is 0 Å². The Morgan fingerprint density at radius 1 is 1.20 bits per heavy atom. The van der Waals surface area contributed by atoms with Crippen LogP contribution < -0.4 is 10.1 Å². The van der Waals surface area contributed by atoms with Gasteiger partial charge in [-0.15, -0.1) is 11.3 Å². The molecule has 0 spiro atoms. The highest BCUT2D eigenvalue weighted by atomic mass is 32.1. The molecular formula is C16H22N2OS. The molecule has 3 nitrogen and oxygen atoms in total. The first-order chi connectivity index (χ1) is 9.72. The summed E-state index contributed by atoms with van der Waals surface area (Å²) >= 11 is 1.81. The highest BCUT2D eigenvalue weighted by molar-refractivity contribution is 7.10. The van der Waals surface area contributed by atoms with Crippen molar-refractivity contribution in [2.24, 2.45) is 0 Å². The van der Waals surface area contributed by atoms with Gasteiger partial charge in [-0.1, -0.05) is 24.3 Å². The summed E-state index contributed by atoms with van der Waals surface area (Å²) in [6.45, 7) is 1.74. The Kier molecular flexibility index (Phi) is 5.59. The van der Waals surface area contributed by atoms with Crippen molar-refractivity contribution >= 4 is 11.3 Å². The third-order valence-electron chi connectivity index (χ3n) is 3.34. The third-order valence-corrected chi connectivity index (χ3v) is 4.31. The predicted octanol–water partition coefficient (Wildman–Crippen LogP) is 3.15. The van der Waals surface area contributed by atoms with Gasteiger partial charge in [-0.3, -0.25) is 0 Å². The van der Waals surface area contributed by atoms with Crippen LogP contribution in [0.15, 0.2) is 41.8 Å². The van der Waals surface area contributed by atoms with Crippen LogP contribution in [0.4, 0.5) is 0 Å². The van der Waals surface area contributed by atoms with Crippen LogP contribution in [0.25, 0.3) is 0 Å². The zero-order valence-electron chi connectivity index (χ0n) is 12.3. The standard InChI is InChI=1S/C16H22N2OS/c1-18(2)14(16-9-6-10-20-16)12-17-11-13-7-4-5-8-15(13)19-3/h4-10,14,17H,11-12H2,1-3H3. The molecule has 1 aromatic heterocycles. The van der Waals surface area contributed by atoms with Crippen LogP contribution >= 0.6 is 11.3 Å². The molecule has 108 valence electrons. The molecule has 0 aliphatic rings. The maximum absolute atomic E-state index is 5.37. The molecule has 1 heterocycles. The molecule has 20 heavy (non-hydrogen) atoms. The topological polar surface area (TPSA) is 24.5 Å². The van der Waals surface area contributed by atoms with Crippen LogP contribution in [-0.4, -0.2) is 32.6 Å². The fourth-order valence-corrected chi connectivity index (χ4v) is 3.13. The molecular weight excluding hydrogens is 268 g/mol. The molecule has 1 atom stereocenters. The van der Waals surface area contributed by atoms with Crippen molar-refractivity contribution in [2.45, 2.75) is 12.6 Å². The van der Waals surface area contributed by atoms with E-state index in [0.29, 0.717) is 6.04 Å². The van der Waals surface area contributed by atoms with Gasteiger partial charge >= 0.3 is 0 Å². The molecule has 0 amide bonds. The maximum atomic E-state index is 5.37. The number of para-hydroxylation sites is 1. The average Bonchev–Trinajstić information content (AvgIpc) is 2.97. The molecule has 0 aliphatic heterocycles. The van der Waals surface area contributed by atoms with Gasteiger partial charge in [-0.05, 0) is 31.6 Å². The lowest BCUT2D eigenvalue weighted by molar-refractivity contribution is 0.292. The van der Waals surface area contributed by atoms with Crippen LogP contribution in [0.2, 0.25) is 0 Å². The first-order valence-corrected chi connectivity index (χ1v) is 7.62. The van der Waals surface area contributed by atoms with Crippen molar-refractivity contribution in [3.8, 4) is 5.75 Å². The van der Waals surface area contributed by atoms with E-state index in [1.165, 1.54) is 10.4 Å². The summed E-state index contributed by atoms with van der Waals surface area (Å²) in [6, 6.07) is 12.8. The molecule has 4 heteroatoms. The highest BCUT2D eigenvalue weighted by Crippen LogP contribution is 2.23. The van der Waals surface area contributed by atoms with Crippen LogP contribution in [0, 0.1) is 0 Å². The molecule has 0 saturated heterocycles. The Hall–Kier alpha value is -1.36. The number of benzene rings is 1. The second-order valence-electron chi connectivity index (χ2n) is 4.94. The lowest BCUT2D eigenvalue weighted by Gasteiger charge is -2.23. The van der Waals surface area contributed by atoms with Crippen LogP contribution in [0.5, 0.6) is 5.75 Å². The smallest absolute Gasteiger partial charge is 0.123 e. The number of thiophene rings is 1. The van der Waals surface area contributed by atoms with Gasteiger partial charge in [0, 0.05) is 23.5 Å². The molecule has 1 N–H and O–H groups in total. The van der Waals surface area contributed by atoms with Crippen molar-refractivity contribution in [1.82, 2.24) is 10.2 Å². The van der Waals surface area contributed by atoms with E-state index in [-0.39, 0.29) is 0 Å². The van der Waals surface area contributed by atoms with Gasteiger partial charge in [0.2, 0.25) is 0 Å². The van der Waals surface area contributed by atoms with Gasteiger partial charge in [0.05, 0.1) is 13.2 Å². The Morgan fingerprint density at radius 3 is 2.65 bits per heavy atom. The summed E-state index contributed by atoms with van der Waals surface area (Å²) in [4.78, 5) is 3.64. The van der Waals surface area contributed by atoms with E-state index in [0.717, 1.165) is 18.8 Å². The number of likely N-dealkylation sites (N-methyl/N-ethyl adjacent to an activating group) is 1. The lowest BCUT2D eigenvalue weighted by atomic mass is 10.2. The van der Waals surface area contributed by atoms with E-state index in [1.807, 2.05) is 18.2 Å². The van der Waals surface area contributed by atoms with E-state index in [1.54, 1.807) is 18.4 Å². The second kappa shape index (κ2) is 7.43. The van der Waals surface area contributed by atoms with Crippen LogP contribution in [-0.2, 0) is 6.54 Å². The number of rotatable bonds is 7. The predicted molar refractivity (Wildman–Crippen MR) is 85.4 cm³/mol. The summed E-state index contributed by atoms with van der Waals surface area (Å²) in [5, 5.41) is 5.66. The number of hydrogen-bond donors (Lipinski definition) is 1. The van der Waals surface area contributed by atoms with Gasteiger partial charge in [-0.25, -0.2) is 0 Å². The molecule has 0 aliphatic carbocycles. The third kappa shape index (κ3) is 3.82. The van der Waals surface area contributed by atoms with Gasteiger partial charge in [0.25, 0.3) is 0 Å². The van der Waals surface area contributed by atoms with Gasteiger partial charge in [0.15, 0.2) is 0 Å². The number of methoxy groups -OCH3 is 1. The van der Waals surface area contributed by atoms with Crippen molar-refractivity contribution in [1.29, 1.82) is 0 Å². The number of hydrogen-bond acceptors (Lipinski definition) is 4. The largest absolute Gasteiger partial charge is 0.496 e. The average molecular weight is 290 g/mol. The fourth-order valence-electron chi connectivity index (χ4n) is 2.21. The van der Waals surface area contributed by atoms with E-state index >= 15 is 0 Å². The molecule has 0 radical (unpaired) electrons. The molecule has 1 aromatic carbocycles. The number of nitrogens with zero attached hydrogens (tertiary/aromatic N) is 1. The molecule has 2 rings (SSSR count). The Bertz CT molecular complexity index is 511. The van der Waals surface area contributed by atoms with Gasteiger partial charge < -0.3 is 15.0 Å². The first kappa shape index (κ1) is 15.0. The minimum absolute atomic E-state index is 0.407. The van der Waals surface area contributed by atoms with Crippen molar-refractivity contribution in [3.05, 3.63) is 52.2 Å². The molecule has 1 unspecified atom stereocenters. The Morgan fingerprint density at radius 2 is 2.00 bits per heavy atom. The monoisotopic (exact) mass is 290 g/mol. The molecule has 2 aromatic rings. The minimum Gasteiger partial charge on any atom is -0.496 e. The van der Waals surface area contributed by atoms with Crippen LogP contribution in [0.3, 0.4) is 0 Å². The van der Waals surface area contributed by atoms with Gasteiger partial charge in [0.1, 0.15) is 5.75 Å². The summed E-state index contributed by atoms with van der Waals surface area (Å²) in [5.41, 5.74) is 1.19. The van der Waals surface area contributed by atoms with E-state index in [9.17, 15) is 0 Å². The summed E-state index contributed by atoms with van der Waals surface area (Å²) in [5.74, 6) is 0.942. The van der Waals surface area contributed by atoms with E-state index < -0.39 is 0 Å². The summed E-state index contributed by atoms with van der Waals surface area (Å²) in [7, 11) is 5.96. The fraction of sp³-hybridized carbons (Fsp3) is 0.375. The quantitative estimate of drug-likeness (QED) is 0.848. The summed E-state index contributed by atoms with van der Waals surface area (Å²) in [6.07, 6.45) is 0. The SMILES string of the molecule is COc1ccccc1CNCC(c1cccs1)N(C)C. The van der Waals surface area contributed by atoms with Crippen molar-refractivity contribution < 1.29 is 4.74 Å². The number of ether oxygens (including phenoxy) is 1. The maximum Gasteiger partial charge on any atom is 0.123 e. The zero-order valence-corrected chi connectivity index (χ0v) is 13.1. The Labute approximate surface area is 125 Å². The number of nitrogens with one attached hydrogen (secondary N) is 1. The van der Waals surface area contributed by atoms with Crippen LogP contribution in [0.1, 0.15) is 16.5 Å². The lowest BCUT2D eigenvalue weighted by Crippen LogP contribution is -2.30. The minimum atomic E-state index is 0.407. The van der Waals surface area contributed by atoms with Crippen molar-refractivity contribution in [3.63, 3.8) is 0 Å². The molecule has 0 bridgehead atoms. The van der Waals surface area contributed by atoms with Crippen molar-refractivity contribution in [2.75, 3.05) is 27.7 Å².